The predicted octanol–water partition coefficient (Wildman–Crippen LogP) is 0.835. The number of benzene rings is 1. The third-order valence-electron chi connectivity index (χ3n) is 3.41. The zero-order valence-electron chi connectivity index (χ0n) is 12.8. The number of ether oxygens (including phenoxy) is 1. The minimum Gasteiger partial charge on any atom is -0.450 e. The molecule has 0 saturated carbocycles. The van der Waals surface area contributed by atoms with Gasteiger partial charge >= 0.3 is 6.09 Å². The van der Waals surface area contributed by atoms with Crippen molar-refractivity contribution in [1.29, 1.82) is 0 Å². The Morgan fingerprint density at radius 2 is 2.25 bits per heavy atom. The normalized spacial score (nSPS) is 13.2. The van der Waals surface area contributed by atoms with E-state index in [4.69, 9.17) is 10.5 Å². The van der Waals surface area contributed by atoms with Crippen molar-refractivity contribution in [1.82, 2.24) is 15.1 Å². The fourth-order valence-electron chi connectivity index (χ4n) is 2.43. The van der Waals surface area contributed by atoms with Crippen LogP contribution in [0.3, 0.4) is 0 Å². The minimum absolute atomic E-state index is 0.0148. The number of hydrogen-bond acceptors (Lipinski definition) is 6. The lowest BCUT2D eigenvalue weighted by atomic mass is 10.1. The molecule has 2 heterocycles. The zero-order valence-corrected chi connectivity index (χ0v) is 12.8. The number of nitrogens with zero attached hydrogens (tertiary/aromatic N) is 2. The highest BCUT2D eigenvalue weighted by Gasteiger charge is 2.29. The van der Waals surface area contributed by atoms with E-state index in [1.165, 1.54) is 4.68 Å². The smallest absolute Gasteiger partial charge is 0.411 e. The van der Waals surface area contributed by atoms with Crippen LogP contribution in [0.25, 0.3) is 5.69 Å². The van der Waals surface area contributed by atoms with Gasteiger partial charge in [-0.25, -0.2) is 9.48 Å². The lowest BCUT2D eigenvalue weighted by Crippen LogP contribution is -2.37. The number of carbonyl (C=O) groups is 3. The van der Waals surface area contributed by atoms with Gasteiger partial charge < -0.3 is 10.5 Å². The molecule has 1 aliphatic heterocycles. The van der Waals surface area contributed by atoms with Gasteiger partial charge in [-0.15, -0.1) is 0 Å². The van der Waals surface area contributed by atoms with E-state index in [0.29, 0.717) is 17.1 Å². The molecule has 9 nitrogen and oxygen atoms in total. The molecule has 4 N–H and O–H groups in total. The average Bonchev–Trinajstić information content (AvgIpc) is 2.84. The third-order valence-corrected chi connectivity index (χ3v) is 3.41. The van der Waals surface area contributed by atoms with Crippen molar-refractivity contribution in [3.63, 3.8) is 0 Å². The molecule has 0 aliphatic carbocycles. The molecule has 0 atom stereocenters. The monoisotopic (exact) mass is 329 g/mol. The Bertz CT molecular complexity index is 842. The molecule has 0 radical (unpaired) electrons. The molecule has 0 spiro atoms. The molecule has 1 aromatic carbocycles. The number of nitrogens with one attached hydrogen (secondary N) is 2. The van der Waals surface area contributed by atoms with Gasteiger partial charge in [0.15, 0.2) is 0 Å². The lowest BCUT2D eigenvalue weighted by Gasteiger charge is -2.09. The molecule has 1 aromatic heterocycles. The Labute approximate surface area is 136 Å². The van der Waals surface area contributed by atoms with Crippen molar-refractivity contribution < 1.29 is 19.1 Å². The zero-order chi connectivity index (χ0) is 17.3. The minimum atomic E-state index is -0.577. The molecule has 24 heavy (non-hydrogen) atoms. The van der Waals surface area contributed by atoms with Crippen LogP contribution in [-0.2, 0) is 16.0 Å². The summed E-state index contributed by atoms with van der Waals surface area (Å²) in [6.45, 7) is 1.96. The Morgan fingerprint density at radius 3 is 3.00 bits per heavy atom. The summed E-state index contributed by atoms with van der Waals surface area (Å²) in [5, 5.41) is 9.03. The number of rotatable bonds is 3. The van der Waals surface area contributed by atoms with Crippen molar-refractivity contribution in [2.45, 2.75) is 13.3 Å². The van der Waals surface area contributed by atoms with Crippen LogP contribution < -0.4 is 16.4 Å². The number of carbonyl (C=O) groups excluding carboxylic acids is 3. The van der Waals surface area contributed by atoms with Crippen LogP contribution in [0, 0.1) is 0 Å². The van der Waals surface area contributed by atoms with E-state index in [2.05, 4.69) is 15.7 Å². The van der Waals surface area contributed by atoms with E-state index in [1.54, 1.807) is 31.2 Å². The van der Waals surface area contributed by atoms with Gasteiger partial charge in [-0.2, -0.15) is 5.10 Å². The van der Waals surface area contributed by atoms with E-state index < -0.39 is 17.9 Å². The number of anilines is 2. The van der Waals surface area contributed by atoms with Crippen LogP contribution in [0.5, 0.6) is 0 Å². The third kappa shape index (κ3) is 2.78. The maximum Gasteiger partial charge on any atom is 0.411 e. The highest BCUT2D eigenvalue weighted by molar-refractivity contribution is 6.11. The summed E-state index contributed by atoms with van der Waals surface area (Å²) in [4.78, 5) is 34.8. The summed E-state index contributed by atoms with van der Waals surface area (Å²) in [6.07, 6.45) is -0.591. The van der Waals surface area contributed by atoms with Crippen LogP contribution >= 0.6 is 0 Å². The van der Waals surface area contributed by atoms with Crippen molar-refractivity contribution >= 4 is 29.4 Å². The predicted molar refractivity (Wildman–Crippen MR) is 84.8 cm³/mol. The van der Waals surface area contributed by atoms with Crippen molar-refractivity contribution in [3.05, 3.63) is 35.5 Å². The summed E-state index contributed by atoms with van der Waals surface area (Å²) < 4.78 is 6.18. The van der Waals surface area contributed by atoms with Crippen LogP contribution in [0.4, 0.5) is 16.3 Å². The maximum atomic E-state index is 11.9. The van der Waals surface area contributed by atoms with E-state index >= 15 is 0 Å². The Hall–Kier alpha value is -3.36. The van der Waals surface area contributed by atoms with Gasteiger partial charge in [-0.1, -0.05) is 6.07 Å². The van der Waals surface area contributed by atoms with Gasteiger partial charge in [-0.3, -0.25) is 20.2 Å². The number of hydrogen-bond donors (Lipinski definition) is 3. The summed E-state index contributed by atoms with van der Waals surface area (Å²) in [5.74, 6) is -0.857. The van der Waals surface area contributed by atoms with Gasteiger partial charge in [0, 0.05) is 5.69 Å². The molecule has 2 aromatic rings. The first-order valence-electron chi connectivity index (χ1n) is 7.25. The molecule has 0 fully saturated rings. The highest BCUT2D eigenvalue weighted by Crippen LogP contribution is 2.25. The summed E-state index contributed by atoms with van der Waals surface area (Å²) in [7, 11) is 0. The molecule has 0 bridgehead atoms. The SMILES string of the molecule is CCOC(=O)Nc1cccc(-n2nc3c(c2N)C(=O)NC(=O)C3)c1. The first kappa shape index (κ1) is 15.5. The van der Waals surface area contributed by atoms with Gasteiger partial charge in [-0.05, 0) is 25.1 Å². The second-order valence-corrected chi connectivity index (χ2v) is 5.07. The van der Waals surface area contributed by atoms with Gasteiger partial charge in [0.25, 0.3) is 5.91 Å². The van der Waals surface area contributed by atoms with E-state index in [-0.39, 0.29) is 24.4 Å². The standard InChI is InChI=1S/C15H15N5O4/c1-2-24-15(23)17-8-4-3-5-9(6-8)20-13(16)12-10(19-20)7-11(21)18-14(12)22/h3-6H,2,7,16H2,1H3,(H,17,23)(H,18,21,22). The summed E-state index contributed by atoms with van der Waals surface area (Å²) >= 11 is 0. The van der Waals surface area contributed by atoms with Gasteiger partial charge in [0.05, 0.1) is 24.4 Å². The molecular weight excluding hydrogens is 314 g/mol. The maximum absolute atomic E-state index is 11.9. The Morgan fingerprint density at radius 1 is 1.46 bits per heavy atom. The van der Waals surface area contributed by atoms with Crippen LogP contribution in [0.15, 0.2) is 24.3 Å². The molecular formula is C15H15N5O4. The van der Waals surface area contributed by atoms with Crippen molar-refractivity contribution in [2.75, 3.05) is 17.7 Å². The molecule has 1 aliphatic rings. The lowest BCUT2D eigenvalue weighted by molar-refractivity contribution is -0.119. The molecule has 124 valence electrons. The van der Waals surface area contributed by atoms with E-state index in [9.17, 15) is 14.4 Å². The summed E-state index contributed by atoms with van der Waals surface area (Å²) in [6, 6.07) is 6.72. The van der Waals surface area contributed by atoms with Gasteiger partial charge in [0.2, 0.25) is 5.91 Å². The first-order valence-corrected chi connectivity index (χ1v) is 7.25. The number of fused-ring (bicyclic) bond motifs is 1. The molecule has 0 unspecified atom stereocenters. The number of nitrogens with two attached hydrogens (primary N) is 1. The number of amides is 3. The molecule has 3 rings (SSSR count). The molecule has 9 heteroatoms. The average molecular weight is 329 g/mol. The number of aromatic nitrogens is 2. The fraction of sp³-hybridized carbons (Fsp3) is 0.200. The Balaban J connectivity index is 1.96. The molecule has 3 amide bonds. The first-order chi connectivity index (χ1) is 11.5. The van der Waals surface area contributed by atoms with Gasteiger partial charge in [0.1, 0.15) is 11.4 Å². The summed E-state index contributed by atoms with van der Waals surface area (Å²) in [5.41, 5.74) is 7.55. The quantitative estimate of drug-likeness (QED) is 0.716. The van der Waals surface area contributed by atoms with E-state index in [0.717, 1.165) is 0 Å². The highest BCUT2D eigenvalue weighted by atomic mass is 16.5. The van der Waals surface area contributed by atoms with Crippen LogP contribution in [0.1, 0.15) is 23.0 Å². The van der Waals surface area contributed by atoms with E-state index in [1.807, 2.05) is 0 Å². The largest absolute Gasteiger partial charge is 0.450 e. The topological polar surface area (TPSA) is 128 Å². The fourth-order valence-corrected chi connectivity index (χ4v) is 2.43. The van der Waals surface area contributed by atoms with Crippen LogP contribution in [-0.4, -0.2) is 34.3 Å². The number of imide groups is 1. The Kier molecular flexibility index (Phi) is 3.90. The number of nitrogen functional groups attached to an aromatic ring is 1. The second-order valence-electron chi connectivity index (χ2n) is 5.07. The van der Waals surface area contributed by atoms with Crippen molar-refractivity contribution in [3.8, 4) is 5.69 Å². The van der Waals surface area contributed by atoms with Crippen LogP contribution in [0.2, 0.25) is 0 Å². The second kappa shape index (κ2) is 6.03. The van der Waals surface area contributed by atoms with Crippen molar-refractivity contribution in [2.24, 2.45) is 0 Å². The molecule has 0 saturated heterocycles.